The van der Waals surface area contributed by atoms with Crippen LogP contribution in [0.2, 0.25) is 0 Å². The van der Waals surface area contributed by atoms with Crippen molar-refractivity contribution in [3.8, 4) is 11.4 Å². The van der Waals surface area contributed by atoms with Gasteiger partial charge in [0.2, 0.25) is 5.16 Å². The van der Waals surface area contributed by atoms with Crippen molar-refractivity contribution in [3.05, 3.63) is 90.0 Å². The number of ether oxygens (including phenoxy) is 1. The van der Waals surface area contributed by atoms with Gasteiger partial charge < -0.3 is 10.1 Å². The van der Waals surface area contributed by atoms with Crippen molar-refractivity contribution in [1.29, 1.82) is 0 Å². The molecule has 2 amide bonds. The second-order valence-electron chi connectivity index (χ2n) is 12.2. The maximum absolute atomic E-state index is 13.7. The van der Waals surface area contributed by atoms with Gasteiger partial charge in [0.05, 0.1) is 11.4 Å². The molecule has 1 aliphatic rings. The molecule has 1 N–H and O–H groups in total. The number of hydrogen-bond donors (Lipinski definition) is 1. The van der Waals surface area contributed by atoms with Gasteiger partial charge >= 0.3 is 0 Å². The van der Waals surface area contributed by atoms with Gasteiger partial charge in [-0.15, -0.1) is 10.2 Å². The molecule has 0 spiro atoms. The fourth-order valence-corrected chi connectivity index (χ4v) is 5.75. The lowest BCUT2D eigenvalue weighted by atomic mass is 9.76. The highest BCUT2D eigenvalue weighted by atomic mass is 32.2. The lowest BCUT2D eigenvalue weighted by molar-refractivity contribution is -0.121. The van der Waals surface area contributed by atoms with Crippen LogP contribution >= 0.6 is 11.8 Å². The fraction of sp³-hybridized carbons (Fsp3) is 0.353. The van der Waals surface area contributed by atoms with Crippen LogP contribution in [0.4, 0.5) is 5.69 Å². The number of aromatic nitrogens is 4. The van der Waals surface area contributed by atoms with Gasteiger partial charge in [0.1, 0.15) is 5.75 Å². The average Bonchev–Trinajstić information content (AvgIpc) is 3.65. The number of rotatable bonds is 11. The molecule has 3 aromatic carbocycles. The Bertz CT molecular complexity index is 1690. The first-order valence-electron chi connectivity index (χ1n) is 15.1. The predicted octanol–water partition coefficient (Wildman–Crippen LogP) is 6.05. The number of anilines is 1. The third-order valence-corrected chi connectivity index (χ3v) is 9.57. The molecule has 0 radical (unpaired) electrons. The molecule has 2 heterocycles. The zero-order valence-corrected chi connectivity index (χ0v) is 27.3. The molecule has 1 atom stereocenters. The molecule has 0 bridgehead atoms. The standard InChI is InChI=1S/C34H39N7O3S/c1-7-33(3,4)23-19-20-27(26(21-23)34(5,6)8-2)44-22-28(42)35-30-29(31(43)40(37-30)24-15-11-9-12-16-24)45-32-36-38-39-41(32)25-17-13-10-14-18-25/h9-21,29H,7-8,22H2,1-6H3,(H,35,37,42). The molecule has 0 aliphatic carbocycles. The number of amides is 2. The summed E-state index contributed by atoms with van der Waals surface area (Å²) in [4.78, 5) is 27.1. The number of carbonyl (C=O) groups excluding carboxylic acids is 2. The maximum Gasteiger partial charge on any atom is 0.268 e. The summed E-state index contributed by atoms with van der Waals surface area (Å²) in [5.41, 5.74) is 3.47. The van der Waals surface area contributed by atoms with Gasteiger partial charge in [-0.3, -0.25) is 9.59 Å². The number of nitrogens with zero attached hydrogens (tertiary/aromatic N) is 6. The molecule has 4 aromatic rings. The summed E-state index contributed by atoms with van der Waals surface area (Å²) in [6.07, 6.45) is 1.90. The van der Waals surface area contributed by atoms with E-state index in [1.165, 1.54) is 10.6 Å². The normalized spacial score (nSPS) is 15.2. The Morgan fingerprint density at radius 1 is 0.911 bits per heavy atom. The molecule has 0 fully saturated rings. The Labute approximate surface area is 268 Å². The summed E-state index contributed by atoms with van der Waals surface area (Å²) < 4.78 is 7.69. The van der Waals surface area contributed by atoms with Crippen LogP contribution in [0.25, 0.3) is 5.69 Å². The first kappa shape index (κ1) is 31.9. The highest BCUT2D eigenvalue weighted by molar-refractivity contribution is 8.01. The summed E-state index contributed by atoms with van der Waals surface area (Å²) in [6, 6.07) is 24.7. The number of hydrazone groups is 1. The first-order valence-corrected chi connectivity index (χ1v) is 16.0. The van der Waals surface area contributed by atoms with Gasteiger partial charge in [-0.2, -0.15) is 9.69 Å². The van der Waals surface area contributed by atoms with E-state index < -0.39 is 11.2 Å². The highest BCUT2D eigenvalue weighted by Gasteiger charge is 2.40. The smallest absolute Gasteiger partial charge is 0.268 e. The number of thioether (sulfide) groups is 1. The van der Waals surface area contributed by atoms with E-state index in [4.69, 9.17) is 4.74 Å². The summed E-state index contributed by atoms with van der Waals surface area (Å²) >= 11 is 1.11. The summed E-state index contributed by atoms with van der Waals surface area (Å²) in [6.45, 7) is 12.9. The number of carbonyl (C=O) groups is 2. The number of tetrazole rings is 1. The average molecular weight is 626 g/mol. The monoisotopic (exact) mass is 625 g/mol. The molecule has 10 nitrogen and oxygen atoms in total. The van der Waals surface area contributed by atoms with E-state index in [1.807, 2.05) is 54.6 Å². The number of nitrogens with one attached hydrogen (secondary N) is 1. The number of benzene rings is 3. The van der Waals surface area contributed by atoms with Crippen LogP contribution in [0.1, 0.15) is 65.5 Å². The van der Waals surface area contributed by atoms with Crippen molar-refractivity contribution in [2.24, 2.45) is 5.10 Å². The molecule has 234 valence electrons. The van der Waals surface area contributed by atoms with E-state index in [2.05, 4.69) is 79.6 Å². The Morgan fingerprint density at radius 2 is 1.56 bits per heavy atom. The number of para-hydroxylation sites is 2. The maximum atomic E-state index is 13.7. The van der Waals surface area contributed by atoms with E-state index in [9.17, 15) is 9.59 Å². The van der Waals surface area contributed by atoms with Gasteiger partial charge in [-0.25, -0.2) is 0 Å². The molecule has 5 rings (SSSR count). The zero-order valence-electron chi connectivity index (χ0n) is 26.5. The van der Waals surface area contributed by atoms with Crippen LogP contribution in [-0.4, -0.2) is 49.7 Å². The Kier molecular flexibility index (Phi) is 9.38. The minimum atomic E-state index is -0.896. The van der Waals surface area contributed by atoms with E-state index in [0.717, 1.165) is 35.9 Å². The second-order valence-corrected chi connectivity index (χ2v) is 13.3. The van der Waals surface area contributed by atoms with Gasteiger partial charge in [-0.1, -0.05) is 102 Å². The van der Waals surface area contributed by atoms with E-state index >= 15 is 0 Å². The van der Waals surface area contributed by atoms with E-state index in [1.54, 1.807) is 16.8 Å². The van der Waals surface area contributed by atoms with Gasteiger partial charge in [-0.05, 0) is 70.0 Å². The molecule has 1 unspecified atom stereocenters. The van der Waals surface area contributed by atoms with Gasteiger partial charge in [0.25, 0.3) is 11.8 Å². The van der Waals surface area contributed by atoms with Crippen molar-refractivity contribution in [2.45, 2.75) is 75.6 Å². The van der Waals surface area contributed by atoms with E-state index in [-0.39, 0.29) is 29.2 Å². The lowest BCUT2D eigenvalue weighted by Gasteiger charge is -2.30. The van der Waals surface area contributed by atoms with Crippen molar-refractivity contribution in [2.75, 3.05) is 11.6 Å². The SMILES string of the molecule is CCC(C)(C)c1ccc(OCC(=O)NC2=NN(c3ccccc3)C(=O)C2Sc2nnnn2-c2ccccc2)c(C(C)(C)CC)c1. The lowest BCUT2D eigenvalue weighted by Crippen LogP contribution is -2.41. The highest BCUT2D eigenvalue weighted by Crippen LogP contribution is 2.38. The number of hydrogen-bond acceptors (Lipinski definition) is 8. The topological polar surface area (TPSA) is 115 Å². The Morgan fingerprint density at radius 3 is 2.20 bits per heavy atom. The van der Waals surface area contributed by atoms with Crippen LogP contribution in [-0.2, 0) is 20.4 Å². The minimum Gasteiger partial charge on any atom is -0.483 e. The number of amidine groups is 1. The van der Waals surface area contributed by atoms with Crippen LogP contribution in [0.15, 0.2) is 89.1 Å². The molecule has 0 saturated heterocycles. The van der Waals surface area contributed by atoms with Crippen LogP contribution < -0.4 is 15.1 Å². The van der Waals surface area contributed by atoms with Crippen molar-refractivity contribution in [3.63, 3.8) is 0 Å². The van der Waals surface area contributed by atoms with Gasteiger partial charge in [0.15, 0.2) is 17.7 Å². The fourth-order valence-electron chi connectivity index (χ4n) is 4.80. The van der Waals surface area contributed by atoms with Crippen LogP contribution in [0, 0.1) is 0 Å². The van der Waals surface area contributed by atoms with Crippen molar-refractivity contribution in [1.82, 2.24) is 25.5 Å². The van der Waals surface area contributed by atoms with Crippen LogP contribution in [0.3, 0.4) is 0 Å². The molecule has 0 saturated carbocycles. The van der Waals surface area contributed by atoms with Crippen molar-refractivity contribution < 1.29 is 14.3 Å². The third-order valence-electron chi connectivity index (χ3n) is 8.44. The van der Waals surface area contributed by atoms with Crippen molar-refractivity contribution >= 4 is 35.1 Å². The molecular weight excluding hydrogens is 586 g/mol. The molecule has 45 heavy (non-hydrogen) atoms. The third kappa shape index (κ3) is 6.93. The predicted molar refractivity (Wildman–Crippen MR) is 177 cm³/mol. The summed E-state index contributed by atoms with van der Waals surface area (Å²) in [5.74, 6) is 0.0873. The van der Waals surface area contributed by atoms with E-state index in [0.29, 0.717) is 16.6 Å². The summed E-state index contributed by atoms with van der Waals surface area (Å²) in [5, 5.41) is 20.2. The molecule has 1 aliphatic heterocycles. The van der Waals surface area contributed by atoms with Crippen LogP contribution in [0.5, 0.6) is 5.75 Å². The molecular formula is C34H39N7O3S. The molecule has 1 aromatic heterocycles. The minimum absolute atomic E-state index is 0.0131. The zero-order chi connectivity index (χ0) is 32.2. The first-order chi connectivity index (χ1) is 21.5. The Balaban J connectivity index is 1.38. The second kappa shape index (κ2) is 13.2. The largest absolute Gasteiger partial charge is 0.483 e. The Hall–Kier alpha value is -4.51. The molecule has 11 heteroatoms. The quantitative estimate of drug-likeness (QED) is 0.216. The summed E-state index contributed by atoms with van der Waals surface area (Å²) in [7, 11) is 0. The van der Waals surface area contributed by atoms with Gasteiger partial charge in [0, 0.05) is 5.56 Å².